The Morgan fingerprint density at radius 3 is 2.60 bits per heavy atom. The van der Waals surface area contributed by atoms with E-state index in [0.717, 1.165) is 4.57 Å². The highest BCUT2D eigenvalue weighted by Crippen LogP contribution is 2.39. The van der Waals surface area contributed by atoms with E-state index in [1.54, 1.807) is 11.8 Å². The number of rotatable bonds is 1. The van der Waals surface area contributed by atoms with Crippen molar-refractivity contribution in [3.8, 4) is 0 Å². The molecular weight excluding hydrogens is 330 g/mol. The summed E-state index contributed by atoms with van der Waals surface area (Å²) in [5.74, 6) is -0.436. The highest BCUT2D eigenvalue weighted by molar-refractivity contribution is 5.93. The number of nitrogens with one attached hydrogen (secondary N) is 1. The van der Waals surface area contributed by atoms with Gasteiger partial charge in [0.1, 0.15) is 11.7 Å². The molecule has 2 saturated heterocycles. The first-order valence-electron chi connectivity index (χ1n) is 8.27. The van der Waals surface area contributed by atoms with E-state index in [-0.39, 0.29) is 12.2 Å². The van der Waals surface area contributed by atoms with Crippen LogP contribution in [0.25, 0.3) is 0 Å². The van der Waals surface area contributed by atoms with Gasteiger partial charge in [-0.25, -0.2) is 4.79 Å². The lowest BCUT2D eigenvalue weighted by molar-refractivity contribution is -0.221. The molecule has 25 heavy (non-hydrogen) atoms. The summed E-state index contributed by atoms with van der Waals surface area (Å²) in [6, 6.07) is 0. The molecule has 2 atom stereocenters. The van der Waals surface area contributed by atoms with Gasteiger partial charge < -0.3 is 24.4 Å². The van der Waals surface area contributed by atoms with Crippen molar-refractivity contribution in [2.24, 2.45) is 7.05 Å². The minimum Gasteiger partial charge on any atom is -0.388 e. The predicted molar refractivity (Wildman–Crippen MR) is 87.4 cm³/mol. The molecule has 3 heterocycles. The van der Waals surface area contributed by atoms with Crippen molar-refractivity contribution >= 4 is 5.91 Å². The Kier molecular flexibility index (Phi) is 4.34. The van der Waals surface area contributed by atoms with Gasteiger partial charge in [-0.15, -0.1) is 0 Å². The molecule has 0 unspecified atom stereocenters. The van der Waals surface area contributed by atoms with Gasteiger partial charge in [0.15, 0.2) is 0 Å². The Morgan fingerprint density at radius 2 is 2.00 bits per heavy atom. The summed E-state index contributed by atoms with van der Waals surface area (Å²) in [4.78, 5) is 39.6. The second kappa shape index (κ2) is 6.08. The van der Waals surface area contributed by atoms with Gasteiger partial charge in [0.05, 0.1) is 17.8 Å². The van der Waals surface area contributed by atoms with E-state index in [0.29, 0.717) is 32.4 Å². The van der Waals surface area contributed by atoms with Crippen LogP contribution in [0.5, 0.6) is 0 Å². The van der Waals surface area contributed by atoms with E-state index in [4.69, 9.17) is 4.74 Å². The monoisotopic (exact) mass is 353 g/mol. The van der Waals surface area contributed by atoms with Crippen LogP contribution in [0.3, 0.4) is 0 Å². The number of ether oxygens (including phenoxy) is 1. The molecule has 9 heteroatoms. The van der Waals surface area contributed by atoms with Gasteiger partial charge in [-0.3, -0.25) is 14.6 Å². The number of H-pyrrole nitrogens is 1. The van der Waals surface area contributed by atoms with Gasteiger partial charge in [-0.05, 0) is 19.8 Å². The molecule has 0 aliphatic carbocycles. The number of carbonyl (C=O) groups excluding carboxylic acids is 1. The van der Waals surface area contributed by atoms with Crippen molar-refractivity contribution in [1.29, 1.82) is 0 Å². The second-order valence-corrected chi connectivity index (χ2v) is 7.25. The standard InChI is InChI=1S/C16H23N3O6/c1-15(24)9-16(25-8-11(15)20)3-5-19(6-4-16)13(22)10-7-18(2)14(23)17-12(10)21/h7,11,20,24H,3-6,8-9H2,1-2H3,(H,17,21,23)/t11-,15-/m0/s1. The smallest absolute Gasteiger partial charge is 0.328 e. The quantitative estimate of drug-likeness (QED) is 0.569. The minimum absolute atomic E-state index is 0.0570. The zero-order valence-corrected chi connectivity index (χ0v) is 14.3. The van der Waals surface area contributed by atoms with E-state index in [2.05, 4.69) is 4.98 Å². The molecule has 2 aliphatic rings. The molecule has 3 N–H and O–H groups in total. The number of carbonyl (C=O) groups is 1. The van der Waals surface area contributed by atoms with Crippen molar-refractivity contribution < 1.29 is 19.7 Å². The molecule has 1 spiro atoms. The third-order valence-corrected chi connectivity index (χ3v) is 5.25. The second-order valence-electron chi connectivity index (χ2n) is 7.25. The molecule has 0 saturated carbocycles. The maximum atomic E-state index is 12.6. The minimum atomic E-state index is -1.22. The highest BCUT2D eigenvalue weighted by Gasteiger charge is 2.49. The molecule has 0 bridgehead atoms. The molecule has 138 valence electrons. The number of piperidine rings is 1. The normalized spacial score (nSPS) is 29.0. The fourth-order valence-electron chi connectivity index (χ4n) is 3.58. The first kappa shape index (κ1) is 17.8. The van der Waals surface area contributed by atoms with Crippen LogP contribution >= 0.6 is 0 Å². The summed E-state index contributed by atoms with van der Waals surface area (Å²) >= 11 is 0. The number of hydrogen-bond acceptors (Lipinski definition) is 6. The van der Waals surface area contributed by atoms with Crippen LogP contribution in [0, 0.1) is 0 Å². The third kappa shape index (κ3) is 3.26. The van der Waals surface area contributed by atoms with E-state index in [1.165, 1.54) is 13.2 Å². The van der Waals surface area contributed by atoms with Crippen LogP contribution in [-0.2, 0) is 11.8 Å². The van der Waals surface area contributed by atoms with E-state index in [1.807, 2.05) is 0 Å². The van der Waals surface area contributed by atoms with Gasteiger partial charge in [0.25, 0.3) is 11.5 Å². The summed E-state index contributed by atoms with van der Waals surface area (Å²) in [5.41, 5.74) is -3.15. The molecule has 0 radical (unpaired) electrons. The zero-order valence-electron chi connectivity index (χ0n) is 14.3. The molecule has 1 amide bonds. The Balaban J connectivity index is 1.73. The molecular formula is C16H23N3O6. The summed E-state index contributed by atoms with van der Waals surface area (Å²) in [7, 11) is 1.46. The molecule has 1 aromatic rings. The fourth-order valence-corrected chi connectivity index (χ4v) is 3.58. The molecule has 2 fully saturated rings. The average Bonchev–Trinajstić information content (AvgIpc) is 2.55. The van der Waals surface area contributed by atoms with Crippen molar-refractivity contribution in [1.82, 2.24) is 14.5 Å². The van der Waals surface area contributed by atoms with Crippen LogP contribution in [-0.4, -0.2) is 67.6 Å². The Labute approximate surface area is 143 Å². The largest absolute Gasteiger partial charge is 0.388 e. The summed E-state index contributed by atoms with van der Waals surface area (Å²) in [6.45, 7) is 2.38. The van der Waals surface area contributed by atoms with E-state index < -0.39 is 34.5 Å². The number of aromatic amines is 1. The van der Waals surface area contributed by atoms with Crippen molar-refractivity contribution in [2.45, 2.75) is 43.5 Å². The van der Waals surface area contributed by atoms with E-state index in [9.17, 15) is 24.6 Å². The Bertz CT molecular complexity index is 788. The predicted octanol–water partition coefficient (Wildman–Crippen LogP) is -1.42. The van der Waals surface area contributed by atoms with Gasteiger partial charge in [0.2, 0.25) is 0 Å². The van der Waals surface area contributed by atoms with Crippen LogP contribution in [0.2, 0.25) is 0 Å². The zero-order chi connectivity index (χ0) is 18.4. The molecule has 3 rings (SSSR count). The SMILES string of the molecule is Cn1cc(C(=O)N2CCC3(CC2)C[C@](C)(O)[C@@H](O)CO3)c(=O)[nH]c1=O. The molecule has 0 aromatic carbocycles. The average molecular weight is 353 g/mol. The lowest BCUT2D eigenvalue weighted by Gasteiger charge is -2.49. The van der Waals surface area contributed by atoms with Crippen LogP contribution in [0.4, 0.5) is 0 Å². The van der Waals surface area contributed by atoms with Crippen molar-refractivity contribution in [3.63, 3.8) is 0 Å². The molecule has 2 aliphatic heterocycles. The van der Waals surface area contributed by atoms with E-state index >= 15 is 0 Å². The first-order valence-corrected chi connectivity index (χ1v) is 8.27. The number of aliphatic hydroxyl groups excluding tert-OH is 1. The topological polar surface area (TPSA) is 125 Å². The maximum absolute atomic E-state index is 12.6. The molecule has 1 aromatic heterocycles. The van der Waals surface area contributed by atoms with Crippen LogP contribution in [0.1, 0.15) is 36.5 Å². The number of likely N-dealkylation sites (tertiary alicyclic amines) is 1. The number of aromatic nitrogens is 2. The number of amides is 1. The molecule has 9 nitrogen and oxygen atoms in total. The number of aliphatic hydroxyl groups is 2. The van der Waals surface area contributed by atoms with Crippen LogP contribution in [0.15, 0.2) is 15.8 Å². The maximum Gasteiger partial charge on any atom is 0.328 e. The van der Waals surface area contributed by atoms with Gasteiger partial charge in [-0.1, -0.05) is 0 Å². The Morgan fingerprint density at radius 1 is 1.36 bits per heavy atom. The number of nitrogens with zero attached hydrogens (tertiary/aromatic N) is 2. The summed E-state index contributed by atoms with van der Waals surface area (Å²) < 4.78 is 6.94. The van der Waals surface area contributed by atoms with Crippen LogP contribution < -0.4 is 11.2 Å². The highest BCUT2D eigenvalue weighted by atomic mass is 16.5. The third-order valence-electron chi connectivity index (χ3n) is 5.25. The lowest BCUT2D eigenvalue weighted by Crippen LogP contribution is -2.59. The fraction of sp³-hybridized carbons (Fsp3) is 0.688. The Hall–Kier alpha value is -1.97. The summed E-state index contributed by atoms with van der Waals surface area (Å²) in [6.07, 6.45) is 1.62. The van der Waals surface area contributed by atoms with Gasteiger partial charge >= 0.3 is 5.69 Å². The van der Waals surface area contributed by atoms with Gasteiger partial charge in [-0.2, -0.15) is 0 Å². The first-order chi connectivity index (χ1) is 11.6. The summed E-state index contributed by atoms with van der Waals surface area (Å²) in [5, 5.41) is 20.1. The van der Waals surface area contributed by atoms with Gasteiger partial charge in [0, 0.05) is 32.8 Å². The lowest BCUT2D eigenvalue weighted by atomic mass is 9.76. The van der Waals surface area contributed by atoms with Crippen molar-refractivity contribution in [2.75, 3.05) is 19.7 Å². The number of hydrogen-bond donors (Lipinski definition) is 3. The van der Waals surface area contributed by atoms with Crippen molar-refractivity contribution in [3.05, 3.63) is 32.6 Å². The number of aryl methyl sites for hydroxylation is 1.